The second-order valence-electron chi connectivity index (χ2n) is 8.44. The van der Waals surface area contributed by atoms with Gasteiger partial charge in [0.05, 0.1) is 6.10 Å². The summed E-state index contributed by atoms with van der Waals surface area (Å²) in [4.78, 5) is 17.6. The number of likely N-dealkylation sites (tertiary alicyclic amines) is 1. The number of ketones is 1. The Kier molecular flexibility index (Phi) is 3.63. The molecule has 0 spiro atoms. The minimum atomic E-state index is -0.488. The summed E-state index contributed by atoms with van der Waals surface area (Å²) in [6, 6.07) is 7.09. The van der Waals surface area contributed by atoms with E-state index in [4.69, 9.17) is 0 Å². The maximum atomic E-state index is 11.6. The molecule has 2 heterocycles. The van der Waals surface area contributed by atoms with Crippen molar-refractivity contribution >= 4 is 16.7 Å². The molecule has 0 bridgehead atoms. The number of likely N-dealkylation sites (N-methyl/N-ethyl adjacent to an activating group) is 1. The molecule has 5 rings (SSSR count). The summed E-state index contributed by atoms with van der Waals surface area (Å²) < 4.78 is 0. The number of piperidine rings is 1. The van der Waals surface area contributed by atoms with Crippen LogP contribution in [-0.4, -0.2) is 46.5 Å². The zero-order chi connectivity index (χ0) is 18.0. The van der Waals surface area contributed by atoms with E-state index in [2.05, 4.69) is 42.1 Å². The maximum Gasteiger partial charge on any atom is 0.156 e. The molecule has 1 saturated heterocycles. The van der Waals surface area contributed by atoms with Crippen LogP contribution in [0.4, 0.5) is 0 Å². The standard InChI is InChI=1S/C22H26N2O2/c1-12-17-10-20-18(16-4-3-5-19(23-12)21(16)17)9-14(11-24(20)2)22(26)13-6-7-15(25)8-13/h3-5,8,14,18,20,22-23,26H,6-7,9-11H2,1-2H3/t14?,18-,20-,22?/m1/s1. The first-order chi connectivity index (χ1) is 12.5. The summed E-state index contributed by atoms with van der Waals surface area (Å²) in [5.74, 6) is 0.795. The van der Waals surface area contributed by atoms with Crippen LogP contribution in [0.1, 0.15) is 42.0 Å². The Hall–Kier alpha value is -1.91. The van der Waals surface area contributed by atoms with Crippen LogP contribution < -0.4 is 0 Å². The predicted molar refractivity (Wildman–Crippen MR) is 102 cm³/mol. The van der Waals surface area contributed by atoms with E-state index in [1.54, 1.807) is 6.08 Å². The summed E-state index contributed by atoms with van der Waals surface area (Å²) in [5.41, 5.74) is 6.36. The van der Waals surface area contributed by atoms with Crippen molar-refractivity contribution in [3.63, 3.8) is 0 Å². The topological polar surface area (TPSA) is 56.3 Å². The van der Waals surface area contributed by atoms with Gasteiger partial charge in [-0.2, -0.15) is 0 Å². The zero-order valence-electron chi connectivity index (χ0n) is 15.5. The van der Waals surface area contributed by atoms with Gasteiger partial charge in [0.25, 0.3) is 0 Å². The Balaban J connectivity index is 1.52. The molecule has 2 unspecified atom stereocenters. The largest absolute Gasteiger partial charge is 0.388 e. The van der Waals surface area contributed by atoms with Gasteiger partial charge in [0.15, 0.2) is 5.78 Å². The lowest BCUT2D eigenvalue weighted by atomic mass is 9.70. The van der Waals surface area contributed by atoms with Gasteiger partial charge in [-0.25, -0.2) is 0 Å². The summed E-state index contributed by atoms with van der Waals surface area (Å²) in [5, 5.41) is 12.3. The van der Waals surface area contributed by atoms with Crippen LogP contribution >= 0.6 is 0 Å². The van der Waals surface area contributed by atoms with Crippen LogP contribution in [-0.2, 0) is 11.2 Å². The molecule has 1 fully saturated rings. The summed E-state index contributed by atoms with van der Waals surface area (Å²) in [6.45, 7) is 3.07. The summed E-state index contributed by atoms with van der Waals surface area (Å²) in [6.07, 6.45) is 4.56. The second-order valence-corrected chi connectivity index (χ2v) is 8.44. The van der Waals surface area contributed by atoms with Crippen molar-refractivity contribution < 1.29 is 9.90 Å². The van der Waals surface area contributed by atoms with Crippen molar-refractivity contribution in [2.75, 3.05) is 13.6 Å². The molecule has 4 nitrogen and oxygen atoms in total. The van der Waals surface area contributed by atoms with Gasteiger partial charge in [-0.1, -0.05) is 12.1 Å². The van der Waals surface area contributed by atoms with E-state index < -0.39 is 6.10 Å². The van der Waals surface area contributed by atoms with Crippen LogP contribution in [0.2, 0.25) is 0 Å². The number of aromatic amines is 1. The number of hydrogen-bond donors (Lipinski definition) is 2. The number of carbonyl (C=O) groups excluding carboxylic acids is 1. The fraction of sp³-hybridized carbons (Fsp3) is 0.500. The molecule has 0 radical (unpaired) electrons. The fourth-order valence-corrected chi connectivity index (χ4v) is 5.64. The lowest BCUT2D eigenvalue weighted by Crippen LogP contribution is -2.50. The number of benzene rings is 1. The summed E-state index contributed by atoms with van der Waals surface area (Å²) in [7, 11) is 2.19. The molecule has 136 valence electrons. The van der Waals surface area contributed by atoms with E-state index in [9.17, 15) is 9.90 Å². The third-order valence-electron chi connectivity index (χ3n) is 6.93. The predicted octanol–water partition coefficient (Wildman–Crippen LogP) is 3.09. The van der Waals surface area contributed by atoms with E-state index >= 15 is 0 Å². The van der Waals surface area contributed by atoms with E-state index in [0.717, 1.165) is 31.4 Å². The quantitative estimate of drug-likeness (QED) is 0.875. The minimum Gasteiger partial charge on any atom is -0.388 e. The number of H-pyrrole nitrogens is 1. The van der Waals surface area contributed by atoms with Gasteiger partial charge in [0.2, 0.25) is 0 Å². The molecule has 3 aliphatic rings. The number of carbonyl (C=O) groups is 1. The van der Waals surface area contributed by atoms with Crippen molar-refractivity contribution in [1.82, 2.24) is 9.88 Å². The van der Waals surface area contributed by atoms with Crippen molar-refractivity contribution in [1.29, 1.82) is 0 Å². The van der Waals surface area contributed by atoms with Crippen molar-refractivity contribution in [3.8, 4) is 0 Å². The van der Waals surface area contributed by atoms with Gasteiger partial charge in [-0.3, -0.25) is 4.79 Å². The molecule has 2 aliphatic carbocycles. The molecule has 4 heteroatoms. The number of rotatable bonds is 2. The third-order valence-corrected chi connectivity index (χ3v) is 6.93. The molecule has 4 atom stereocenters. The van der Waals surface area contributed by atoms with Gasteiger partial charge in [-0.05, 0) is 62.1 Å². The summed E-state index contributed by atoms with van der Waals surface area (Å²) >= 11 is 0. The number of nitrogens with one attached hydrogen (secondary N) is 1. The highest BCUT2D eigenvalue weighted by Crippen LogP contribution is 2.46. The average molecular weight is 350 g/mol. The number of hydrogen-bond acceptors (Lipinski definition) is 3. The van der Waals surface area contributed by atoms with E-state index in [1.807, 2.05) is 0 Å². The van der Waals surface area contributed by atoms with Crippen molar-refractivity contribution in [2.45, 2.75) is 50.7 Å². The Morgan fingerprint density at radius 2 is 2.15 bits per heavy atom. The highest BCUT2D eigenvalue weighted by molar-refractivity contribution is 5.93. The lowest BCUT2D eigenvalue weighted by Gasteiger charge is -2.47. The van der Waals surface area contributed by atoms with E-state index in [0.29, 0.717) is 18.4 Å². The number of aryl methyl sites for hydroxylation is 1. The first-order valence-electron chi connectivity index (χ1n) is 9.74. The van der Waals surface area contributed by atoms with Gasteiger partial charge >= 0.3 is 0 Å². The number of nitrogens with zero attached hydrogens (tertiary/aromatic N) is 1. The molecule has 0 amide bonds. The number of fused-ring (bicyclic) bond motifs is 2. The van der Waals surface area contributed by atoms with Gasteiger partial charge in [0, 0.05) is 47.4 Å². The molecular weight excluding hydrogens is 324 g/mol. The molecule has 26 heavy (non-hydrogen) atoms. The van der Waals surface area contributed by atoms with E-state index in [1.165, 1.54) is 27.7 Å². The van der Waals surface area contributed by atoms with Crippen LogP contribution in [0, 0.1) is 12.8 Å². The van der Waals surface area contributed by atoms with Crippen molar-refractivity contribution in [3.05, 3.63) is 46.7 Å². The van der Waals surface area contributed by atoms with Crippen molar-refractivity contribution in [2.24, 2.45) is 5.92 Å². The lowest BCUT2D eigenvalue weighted by molar-refractivity contribution is -0.114. The first-order valence-corrected chi connectivity index (χ1v) is 9.74. The Bertz CT molecular complexity index is 926. The fourth-order valence-electron chi connectivity index (χ4n) is 5.64. The number of aromatic nitrogens is 1. The molecule has 0 saturated carbocycles. The number of aliphatic hydroxyl groups is 1. The van der Waals surface area contributed by atoms with Gasteiger partial charge in [-0.15, -0.1) is 0 Å². The second kappa shape index (κ2) is 5.80. The first kappa shape index (κ1) is 16.3. The maximum absolute atomic E-state index is 11.6. The third kappa shape index (κ3) is 2.32. The van der Waals surface area contributed by atoms with Gasteiger partial charge < -0.3 is 15.0 Å². The van der Waals surface area contributed by atoms with Crippen LogP contribution in [0.5, 0.6) is 0 Å². The number of allylic oxidation sites excluding steroid dienone is 1. The highest BCUT2D eigenvalue weighted by Gasteiger charge is 2.42. The van der Waals surface area contributed by atoms with Crippen LogP contribution in [0.15, 0.2) is 29.8 Å². The van der Waals surface area contributed by atoms with Crippen LogP contribution in [0.3, 0.4) is 0 Å². The normalized spacial score (nSPS) is 29.7. The Morgan fingerprint density at radius 1 is 1.31 bits per heavy atom. The Morgan fingerprint density at radius 3 is 2.92 bits per heavy atom. The highest BCUT2D eigenvalue weighted by atomic mass is 16.3. The van der Waals surface area contributed by atoms with E-state index in [-0.39, 0.29) is 11.7 Å². The molecule has 2 N–H and O–H groups in total. The van der Waals surface area contributed by atoms with Gasteiger partial charge in [0.1, 0.15) is 0 Å². The Labute approximate surface area is 153 Å². The van der Waals surface area contributed by atoms with Crippen LogP contribution in [0.25, 0.3) is 10.9 Å². The zero-order valence-corrected chi connectivity index (χ0v) is 15.5. The minimum absolute atomic E-state index is 0.163. The molecule has 1 aromatic heterocycles. The average Bonchev–Trinajstić information content (AvgIpc) is 3.20. The number of aliphatic hydroxyl groups excluding tert-OH is 1. The molecule has 1 aromatic carbocycles. The smallest absolute Gasteiger partial charge is 0.156 e. The molecule has 2 aromatic rings. The molecule has 1 aliphatic heterocycles. The molecular formula is C22H26N2O2. The SMILES string of the molecule is Cc1[nH]c2cccc3c2c1C[C@@H]1[C@@H]3CC(C(O)C2=CC(=O)CC2)CN1C. The monoisotopic (exact) mass is 350 g/mol.